The highest BCUT2D eigenvalue weighted by atomic mass is 35.5. The first kappa shape index (κ1) is 29.4. The van der Waals surface area contributed by atoms with Crippen molar-refractivity contribution in [3.05, 3.63) is 119 Å². The number of methoxy groups -OCH3 is 1. The van der Waals surface area contributed by atoms with Gasteiger partial charge in [-0.05, 0) is 84.9 Å². The van der Waals surface area contributed by atoms with Crippen LogP contribution in [0.5, 0.6) is 5.75 Å². The summed E-state index contributed by atoms with van der Waals surface area (Å²) in [7, 11) is 1.59. The second-order valence-electron chi connectivity index (χ2n) is 9.03. The summed E-state index contributed by atoms with van der Waals surface area (Å²) in [5, 5.41) is 12.6. The highest BCUT2D eigenvalue weighted by Crippen LogP contribution is 2.29. The Bertz CT molecular complexity index is 1730. The number of halogens is 1. The molecule has 0 saturated carbocycles. The summed E-state index contributed by atoms with van der Waals surface area (Å²) in [6, 6.07) is 29.8. The molecule has 1 heterocycles. The number of carbonyl (C=O) groups is 3. The number of hydrazine groups is 1. The largest absolute Gasteiger partial charge is 0.497 e. The Morgan fingerprint density at radius 1 is 0.791 bits per heavy atom. The number of hydrogen-bond donors (Lipinski definition) is 3. The standard InChI is InChI=1S/C31H25ClN6O4S/c1-42-26-17-15-25(16-18-26)38-28(20-9-13-24(14-10-20)33-29(40)21-5-3-2-4-6-21)35-37-31(38)43-19-27(39)34-36-30(41)22-7-11-23(32)12-8-22/h2-18H,19H2,1H3,(H,33,40)(H,34,39)(H,36,41). The summed E-state index contributed by atoms with van der Waals surface area (Å²) in [6.07, 6.45) is 0. The lowest BCUT2D eigenvalue weighted by molar-refractivity contribution is -0.119. The molecule has 0 saturated heterocycles. The third-order valence-corrected chi connectivity index (χ3v) is 7.34. The topological polar surface area (TPSA) is 127 Å². The number of thioether (sulfide) groups is 1. The summed E-state index contributed by atoms with van der Waals surface area (Å²) in [6.45, 7) is 0. The number of ether oxygens (including phenoxy) is 1. The maximum Gasteiger partial charge on any atom is 0.269 e. The first-order valence-corrected chi connectivity index (χ1v) is 14.3. The van der Waals surface area contributed by atoms with Gasteiger partial charge in [-0.3, -0.25) is 29.8 Å². The van der Waals surface area contributed by atoms with Crippen molar-refractivity contribution in [2.45, 2.75) is 5.16 Å². The van der Waals surface area contributed by atoms with Gasteiger partial charge in [0.15, 0.2) is 11.0 Å². The molecule has 0 fully saturated rings. The van der Waals surface area contributed by atoms with Crippen molar-refractivity contribution in [1.29, 1.82) is 0 Å². The van der Waals surface area contributed by atoms with Crippen LogP contribution in [0.15, 0.2) is 108 Å². The van der Waals surface area contributed by atoms with E-state index in [-0.39, 0.29) is 11.7 Å². The third kappa shape index (κ3) is 7.39. The molecule has 0 bridgehead atoms. The smallest absolute Gasteiger partial charge is 0.269 e. The van der Waals surface area contributed by atoms with Gasteiger partial charge in [0.1, 0.15) is 5.75 Å². The van der Waals surface area contributed by atoms with Crippen molar-refractivity contribution in [3.8, 4) is 22.8 Å². The molecule has 12 heteroatoms. The van der Waals surface area contributed by atoms with Crippen molar-refractivity contribution < 1.29 is 19.1 Å². The maximum absolute atomic E-state index is 12.6. The Kier molecular flexibility index (Phi) is 9.35. The van der Waals surface area contributed by atoms with Crippen molar-refractivity contribution in [1.82, 2.24) is 25.6 Å². The van der Waals surface area contributed by atoms with Crippen LogP contribution in [-0.2, 0) is 4.79 Å². The highest BCUT2D eigenvalue weighted by molar-refractivity contribution is 7.99. The van der Waals surface area contributed by atoms with Gasteiger partial charge in [0.05, 0.1) is 12.9 Å². The molecule has 0 radical (unpaired) electrons. The molecule has 0 spiro atoms. The number of amides is 3. The van der Waals surface area contributed by atoms with Crippen molar-refractivity contribution >= 4 is 46.8 Å². The molecule has 10 nitrogen and oxygen atoms in total. The lowest BCUT2D eigenvalue weighted by Gasteiger charge is -2.12. The summed E-state index contributed by atoms with van der Waals surface area (Å²) in [5.41, 5.74) is 7.83. The lowest BCUT2D eigenvalue weighted by Crippen LogP contribution is -2.42. The van der Waals surface area contributed by atoms with Gasteiger partial charge in [-0.1, -0.05) is 41.6 Å². The predicted octanol–water partition coefficient (Wildman–Crippen LogP) is 5.40. The molecule has 216 valence electrons. The van der Waals surface area contributed by atoms with E-state index in [2.05, 4.69) is 26.4 Å². The molecule has 0 aliphatic carbocycles. The summed E-state index contributed by atoms with van der Waals surface area (Å²) < 4.78 is 7.12. The van der Waals surface area contributed by atoms with Crippen LogP contribution in [0.2, 0.25) is 5.02 Å². The van der Waals surface area contributed by atoms with Gasteiger partial charge in [-0.15, -0.1) is 10.2 Å². The van der Waals surface area contributed by atoms with E-state index in [0.29, 0.717) is 38.6 Å². The molecular weight excluding hydrogens is 588 g/mol. The van der Waals surface area contributed by atoms with Crippen LogP contribution in [0, 0.1) is 0 Å². The van der Waals surface area contributed by atoms with E-state index in [1.165, 1.54) is 0 Å². The first-order valence-electron chi connectivity index (χ1n) is 13.0. The fourth-order valence-electron chi connectivity index (χ4n) is 3.98. The molecule has 4 aromatic carbocycles. The fourth-order valence-corrected chi connectivity index (χ4v) is 4.85. The maximum atomic E-state index is 12.6. The van der Waals surface area contributed by atoms with Crippen LogP contribution in [0.3, 0.4) is 0 Å². The number of nitrogens with zero attached hydrogens (tertiary/aromatic N) is 3. The van der Waals surface area contributed by atoms with Crippen LogP contribution in [0.1, 0.15) is 20.7 Å². The van der Waals surface area contributed by atoms with Crippen LogP contribution in [-0.4, -0.2) is 45.3 Å². The quantitative estimate of drug-likeness (QED) is 0.150. The number of nitrogens with one attached hydrogen (secondary N) is 3. The normalized spacial score (nSPS) is 10.6. The van der Waals surface area contributed by atoms with E-state index < -0.39 is 11.8 Å². The number of hydrogen-bond acceptors (Lipinski definition) is 7. The molecule has 0 aliphatic heterocycles. The van der Waals surface area contributed by atoms with E-state index in [0.717, 1.165) is 23.0 Å². The van der Waals surface area contributed by atoms with Gasteiger partial charge >= 0.3 is 0 Å². The zero-order chi connectivity index (χ0) is 30.2. The average molecular weight is 613 g/mol. The van der Waals surface area contributed by atoms with E-state index in [1.807, 2.05) is 47.0 Å². The van der Waals surface area contributed by atoms with Gasteiger partial charge < -0.3 is 10.1 Å². The molecular formula is C31H25ClN6O4S. The first-order chi connectivity index (χ1) is 20.9. The zero-order valence-corrected chi connectivity index (χ0v) is 24.4. The predicted molar refractivity (Wildman–Crippen MR) is 166 cm³/mol. The summed E-state index contributed by atoms with van der Waals surface area (Å²) >= 11 is 7.02. The van der Waals surface area contributed by atoms with Crippen molar-refractivity contribution in [3.63, 3.8) is 0 Å². The van der Waals surface area contributed by atoms with E-state index >= 15 is 0 Å². The Balaban J connectivity index is 1.31. The number of carbonyl (C=O) groups excluding carboxylic acids is 3. The second kappa shape index (κ2) is 13.7. The van der Waals surface area contributed by atoms with Gasteiger partial charge in [0.25, 0.3) is 11.8 Å². The van der Waals surface area contributed by atoms with Gasteiger partial charge in [0, 0.05) is 33.1 Å². The molecule has 3 amide bonds. The van der Waals surface area contributed by atoms with Gasteiger partial charge in [0.2, 0.25) is 5.91 Å². The van der Waals surface area contributed by atoms with E-state index in [9.17, 15) is 14.4 Å². The molecule has 1 aromatic heterocycles. The Morgan fingerprint density at radius 2 is 1.47 bits per heavy atom. The van der Waals surface area contributed by atoms with Crippen LogP contribution < -0.4 is 20.9 Å². The SMILES string of the molecule is COc1ccc(-n2c(SCC(=O)NNC(=O)c3ccc(Cl)cc3)nnc2-c2ccc(NC(=O)c3ccccc3)cc2)cc1. The number of benzene rings is 4. The molecule has 5 rings (SSSR count). The van der Waals surface area contributed by atoms with E-state index in [4.69, 9.17) is 16.3 Å². The van der Waals surface area contributed by atoms with Crippen molar-refractivity contribution in [2.75, 3.05) is 18.2 Å². The lowest BCUT2D eigenvalue weighted by atomic mass is 10.1. The number of anilines is 1. The van der Waals surface area contributed by atoms with Crippen LogP contribution in [0.4, 0.5) is 5.69 Å². The Labute approximate surface area is 256 Å². The minimum atomic E-state index is -0.470. The Morgan fingerprint density at radius 3 is 2.14 bits per heavy atom. The monoisotopic (exact) mass is 612 g/mol. The highest BCUT2D eigenvalue weighted by Gasteiger charge is 2.18. The molecule has 5 aromatic rings. The van der Waals surface area contributed by atoms with Crippen LogP contribution >= 0.6 is 23.4 Å². The zero-order valence-electron chi connectivity index (χ0n) is 22.8. The summed E-state index contributed by atoms with van der Waals surface area (Å²) in [4.78, 5) is 37.4. The van der Waals surface area contributed by atoms with Crippen LogP contribution in [0.25, 0.3) is 17.1 Å². The third-order valence-electron chi connectivity index (χ3n) is 6.16. The minimum absolute atomic E-state index is 0.0420. The molecule has 0 unspecified atom stereocenters. The number of aromatic nitrogens is 3. The Hall–Kier alpha value is -5.13. The van der Waals surface area contributed by atoms with Gasteiger partial charge in [-0.2, -0.15) is 0 Å². The summed E-state index contributed by atoms with van der Waals surface area (Å²) in [5.74, 6) is 0.0568. The molecule has 0 atom stereocenters. The molecule has 0 aliphatic rings. The van der Waals surface area contributed by atoms with Gasteiger partial charge in [-0.25, -0.2) is 0 Å². The van der Waals surface area contributed by atoms with Crippen molar-refractivity contribution in [2.24, 2.45) is 0 Å². The fraction of sp³-hybridized carbons (Fsp3) is 0.0645. The number of rotatable bonds is 9. The second-order valence-corrected chi connectivity index (χ2v) is 10.4. The minimum Gasteiger partial charge on any atom is -0.497 e. The molecule has 3 N–H and O–H groups in total. The van der Waals surface area contributed by atoms with E-state index in [1.54, 1.807) is 67.8 Å². The average Bonchev–Trinajstić information content (AvgIpc) is 3.47. The molecule has 43 heavy (non-hydrogen) atoms.